The highest BCUT2D eigenvalue weighted by atomic mass is 32.1. The van der Waals surface area contributed by atoms with E-state index in [-0.39, 0.29) is 0 Å². The molecule has 2 saturated carbocycles. The monoisotopic (exact) mass is 313 g/mol. The van der Waals surface area contributed by atoms with E-state index in [1.807, 2.05) is 6.07 Å². The maximum Gasteiger partial charge on any atom is 0.190 e. The van der Waals surface area contributed by atoms with Gasteiger partial charge in [-0.15, -0.1) is 0 Å². The molecule has 1 heterocycles. The average molecular weight is 313 g/mol. The lowest BCUT2D eigenvalue weighted by Gasteiger charge is -2.27. The van der Waals surface area contributed by atoms with Crippen LogP contribution >= 0.6 is 12.2 Å². The molecule has 4 rings (SSSR count). The summed E-state index contributed by atoms with van der Waals surface area (Å²) in [4.78, 5) is 0. The first-order valence-electron chi connectivity index (χ1n) is 8.16. The number of nitrogens with zero attached hydrogens (tertiary/aromatic N) is 2. The van der Waals surface area contributed by atoms with Crippen molar-refractivity contribution in [2.24, 2.45) is 28.3 Å². The summed E-state index contributed by atoms with van der Waals surface area (Å²) in [7, 11) is 0. The molecule has 4 atom stereocenters. The molecule has 3 aliphatic rings. The van der Waals surface area contributed by atoms with Gasteiger partial charge in [0.25, 0.3) is 0 Å². The van der Waals surface area contributed by atoms with Crippen molar-refractivity contribution in [2.75, 3.05) is 0 Å². The Morgan fingerprint density at radius 3 is 2.82 bits per heavy atom. The molecule has 1 aliphatic heterocycles. The summed E-state index contributed by atoms with van der Waals surface area (Å²) < 4.78 is 0. The van der Waals surface area contributed by atoms with E-state index in [1.165, 1.54) is 17.7 Å². The van der Waals surface area contributed by atoms with Gasteiger partial charge >= 0.3 is 0 Å². The van der Waals surface area contributed by atoms with Gasteiger partial charge in [-0.3, -0.25) is 0 Å². The molecule has 0 saturated heterocycles. The summed E-state index contributed by atoms with van der Waals surface area (Å²) in [6, 6.07) is 10.9. The number of thiocarbonyl (C=S) groups is 1. The van der Waals surface area contributed by atoms with E-state index in [2.05, 4.69) is 55.4 Å². The summed E-state index contributed by atoms with van der Waals surface area (Å²) in [5.41, 5.74) is 3.02. The van der Waals surface area contributed by atoms with Gasteiger partial charge in [-0.1, -0.05) is 44.2 Å². The van der Waals surface area contributed by atoms with Crippen molar-refractivity contribution in [2.45, 2.75) is 39.8 Å². The Bertz CT molecular complexity index is 637. The molecule has 3 nitrogen and oxygen atoms in total. The van der Waals surface area contributed by atoms with Crippen molar-refractivity contribution in [3.63, 3.8) is 0 Å². The fraction of sp³-hybridized carbons (Fsp3) is 0.556. The van der Waals surface area contributed by atoms with E-state index >= 15 is 0 Å². The summed E-state index contributed by atoms with van der Waals surface area (Å²) in [5, 5.41) is 11.0. The number of rotatable bonds is 2. The van der Waals surface area contributed by atoms with Crippen LogP contribution in [0.5, 0.6) is 0 Å². The van der Waals surface area contributed by atoms with E-state index in [0.717, 1.165) is 23.5 Å². The van der Waals surface area contributed by atoms with E-state index < -0.39 is 0 Å². The molecule has 2 aliphatic carbocycles. The van der Waals surface area contributed by atoms with Crippen molar-refractivity contribution < 1.29 is 0 Å². The van der Waals surface area contributed by atoms with Crippen molar-refractivity contribution in [1.29, 1.82) is 0 Å². The van der Waals surface area contributed by atoms with Gasteiger partial charge in [0.05, 0.1) is 6.04 Å². The second kappa shape index (κ2) is 4.79. The van der Waals surface area contributed by atoms with Crippen LogP contribution in [-0.2, 0) is 6.54 Å². The number of benzene rings is 1. The molecule has 0 spiro atoms. The predicted molar refractivity (Wildman–Crippen MR) is 93.5 cm³/mol. The van der Waals surface area contributed by atoms with Crippen LogP contribution in [0, 0.1) is 23.2 Å². The number of nitrogens with one attached hydrogen (secondary N) is 1. The van der Waals surface area contributed by atoms with Crippen molar-refractivity contribution in [1.82, 2.24) is 10.3 Å². The number of fused-ring (bicyclic) bond motifs is 3. The molecular weight excluding hydrogens is 290 g/mol. The first-order chi connectivity index (χ1) is 10.5. The molecule has 1 aromatic rings. The normalized spacial score (nSPS) is 34.0. The fourth-order valence-electron chi connectivity index (χ4n) is 4.75. The molecule has 116 valence electrons. The number of hydrazone groups is 1. The second-order valence-corrected chi connectivity index (χ2v) is 7.90. The molecule has 0 aromatic heterocycles. The maximum atomic E-state index is 5.61. The van der Waals surface area contributed by atoms with Crippen LogP contribution < -0.4 is 5.32 Å². The van der Waals surface area contributed by atoms with Crippen LogP contribution in [-0.4, -0.2) is 21.9 Å². The predicted octanol–water partition coefficient (Wildman–Crippen LogP) is 3.41. The first-order valence-corrected chi connectivity index (χ1v) is 8.57. The Labute approximate surface area is 137 Å². The average Bonchev–Trinajstić information content (AvgIpc) is 2.86. The molecule has 0 bridgehead atoms. The minimum Gasteiger partial charge on any atom is -0.357 e. The minimum atomic E-state index is 0.485. The van der Waals surface area contributed by atoms with Crippen LogP contribution in [0.25, 0.3) is 0 Å². The Morgan fingerprint density at radius 1 is 1.36 bits per heavy atom. The zero-order valence-corrected chi connectivity index (χ0v) is 14.2. The molecular formula is C18H23N3S. The van der Waals surface area contributed by atoms with Crippen molar-refractivity contribution in [3.05, 3.63) is 35.9 Å². The number of hydrogen-bond acceptors (Lipinski definition) is 2. The smallest absolute Gasteiger partial charge is 0.190 e. The molecule has 1 N–H and O–H groups in total. The molecule has 0 amide bonds. The Hall–Kier alpha value is -1.42. The largest absolute Gasteiger partial charge is 0.357 e. The van der Waals surface area contributed by atoms with Gasteiger partial charge in [0.15, 0.2) is 5.11 Å². The van der Waals surface area contributed by atoms with Gasteiger partial charge in [0.2, 0.25) is 0 Å². The van der Waals surface area contributed by atoms with E-state index in [4.69, 9.17) is 17.3 Å². The van der Waals surface area contributed by atoms with Crippen molar-refractivity contribution >= 4 is 23.0 Å². The van der Waals surface area contributed by atoms with Gasteiger partial charge in [-0.25, -0.2) is 5.01 Å². The van der Waals surface area contributed by atoms with Crippen LogP contribution in [0.3, 0.4) is 0 Å². The van der Waals surface area contributed by atoms with E-state index in [9.17, 15) is 0 Å². The highest BCUT2D eigenvalue weighted by Crippen LogP contribution is 2.70. The van der Waals surface area contributed by atoms with Gasteiger partial charge < -0.3 is 5.32 Å². The molecule has 2 unspecified atom stereocenters. The Kier molecular flexibility index (Phi) is 3.09. The third-order valence-electron chi connectivity index (χ3n) is 5.99. The van der Waals surface area contributed by atoms with Gasteiger partial charge in [0.1, 0.15) is 0 Å². The lowest BCUT2D eigenvalue weighted by molar-refractivity contribution is 0.268. The fourth-order valence-corrected chi connectivity index (χ4v) is 5.00. The van der Waals surface area contributed by atoms with Crippen LogP contribution in [0.4, 0.5) is 0 Å². The van der Waals surface area contributed by atoms with Crippen molar-refractivity contribution in [3.8, 4) is 0 Å². The molecule has 4 heteroatoms. The van der Waals surface area contributed by atoms with E-state index in [1.54, 1.807) is 0 Å². The lowest BCUT2D eigenvalue weighted by Crippen LogP contribution is -2.42. The summed E-state index contributed by atoms with van der Waals surface area (Å²) in [5.74, 6) is 2.27. The molecule has 2 fully saturated rings. The SMILES string of the molecule is CC1=NN(C(=S)NCc2ccccc2)C2C[C@@H]3[C@H](C12)C3(C)C. The van der Waals surface area contributed by atoms with E-state index in [0.29, 0.717) is 17.4 Å². The zero-order chi connectivity index (χ0) is 15.5. The standard InChI is InChI=1S/C18H23N3S/c1-11-15-14(9-13-16(15)18(13,2)3)21(20-11)17(22)19-10-12-7-5-4-6-8-12/h4-8,13-16H,9-10H2,1-3H3,(H,19,22)/t13-,14?,15?,16-/m1/s1. The number of hydrogen-bond donors (Lipinski definition) is 1. The third kappa shape index (κ3) is 2.00. The summed E-state index contributed by atoms with van der Waals surface area (Å²) in [6.45, 7) is 7.75. The molecule has 22 heavy (non-hydrogen) atoms. The summed E-state index contributed by atoms with van der Waals surface area (Å²) >= 11 is 5.61. The maximum absolute atomic E-state index is 5.61. The van der Waals surface area contributed by atoms with Crippen LogP contribution in [0.15, 0.2) is 35.4 Å². The minimum absolute atomic E-state index is 0.485. The van der Waals surface area contributed by atoms with Gasteiger partial charge in [0, 0.05) is 18.2 Å². The van der Waals surface area contributed by atoms with Gasteiger partial charge in [-0.05, 0) is 48.4 Å². The Morgan fingerprint density at radius 2 is 2.09 bits per heavy atom. The highest BCUT2D eigenvalue weighted by molar-refractivity contribution is 7.80. The summed E-state index contributed by atoms with van der Waals surface area (Å²) in [6.07, 6.45) is 1.23. The van der Waals surface area contributed by atoms with Crippen LogP contribution in [0.1, 0.15) is 32.8 Å². The second-order valence-electron chi connectivity index (χ2n) is 7.51. The molecule has 0 radical (unpaired) electrons. The van der Waals surface area contributed by atoms with Crippen LogP contribution in [0.2, 0.25) is 0 Å². The Balaban J connectivity index is 1.43. The molecule has 1 aromatic carbocycles. The first kappa shape index (κ1) is 14.2. The lowest BCUT2D eigenvalue weighted by atomic mass is 9.87. The third-order valence-corrected chi connectivity index (χ3v) is 6.32. The topological polar surface area (TPSA) is 27.6 Å². The highest BCUT2D eigenvalue weighted by Gasteiger charge is 2.69. The zero-order valence-electron chi connectivity index (χ0n) is 13.4. The quantitative estimate of drug-likeness (QED) is 0.848. The van der Waals surface area contributed by atoms with Gasteiger partial charge in [-0.2, -0.15) is 5.10 Å².